The van der Waals surface area contributed by atoms with Gasteiger partial charge in [-0.2, -0.15) is 11.8 Å². The highest BCUT2D eigenvalue weighted by molar-refractivity contribution is 7.97. The summed E-state index contributed by atoms with van der Waals surface area (Å²) in [6, 6.07) is 4.49. The number of aromatic hydroxyl groups is 1. The Morgan fingerprint density at radius 3 is 2.29 bits per heavy atom. The zero-order valence-corrected chi connectivity index (χ0v) is 15.1. The van der Waals surface area contributed by atoms with Gasteiger partial charge in [0.25, 0.3) is 0 Å². The van der Waals surface area contributed by atoms with E-state index in [1.807, 2.05) is 0 Å². The molecule has 21 heavy (non-hydrogen) atoms. The van der Waals surface area contributed by atoms with Crippen molar-refractivity contribution in [3.63, 3.8) is 0 Å². The normalized spacial score (nSPS) is 18.7. The Morgan fingerprint density at radius 1 is 1.14 bits per heavy atom. The molecule has 2 heteroatoms. The van der Waals surface area contributed by atoms with Gasteiger partial charge in [0.1, 0.15) is 5.75 Å². The summed E-state index contributed by atoms with van der Waals surface area (Å²) in [7, 11) is 0. The number of phenolic OH excluding ortho intramolecular Hbond substituents is 1. The predicted molar refractivity (Wildman–Crippen MR) is 94.5 cm³/mol. The fourth-order valence-electron chi connectivity index (χ4n) is 3.45. The van der Waals surface area contributed by atoms with E-state index in [1.54, 1.807) is 11.8 Å². The molecule has 118 valence electrons. The van der Waals surface area contributed by atoms with E-state index in [0.717, 1.165) is 11.3 Å². The van der Waals surface area contributed by atoms with Gasteiger partial charge in [-0.15, -0.1) is 0 Å². The molecule has 1 nitrogen and oxygen atoms in total. The second-order valence-electron chi connectivity index (χ2n) is 7.84. The van der Waals surface area contributed by atoms with Gasteiger partial charge in [0, 0.05) is 16.9 Å². The summed E-state index contributed by atoms with van der Waals surface area (Å²) in [5, 5.41) is 10.8. The zero-order chi connectivity index (χ0) is 15.7. The van der Waals surface area contributed by atoms with Crippen molar-refractivity contribution in [2.75, 3.05) is 6.26 Å². The van der Waals surface area contributed by atoms with Crippen LogP contribution in [-0.2, 0) is 16.6 Å². The van der Waals surface area contributed by atoms with Crippen LogP contribution in [0.1, 0.15) is 76.5 Å². The van der Waals surface area contributed by atoms with Gasteiger partial charge in [-0.3, -0.25) is 0 Å². The van der Waals surface area contributed by atoms with Crippen molar-refractivity contribution in [2.45, 2.75) is 76.4 Å². The second-order valence-corrected chi connectivity index (χ2v) is 8.70. The molecular formula is C19H30OS. The van der Waals surface area contributed by atoms with E-state index in [0.29, 0.717) is 5.75 Å². The lowest BCUT2D eigenvalue weighted by Crippen LogP contribution is -2.26. The van der Waals surface area contributed by atoms with Crippen LogP contribution >= 0.6 is 11.8 Å². The van der Waals surface area contributed by atoms with E-state index in [9.17, 15) is 5.11 Å². The molecule has 0 bridgehead atoms. The molecule has 1 aromatic carbocycles. The van der Waals surface area contributed by atoms with Crippen LogP contribution in [-0.4, -0.2) is 11.4 Å². The van der Waals surface area contributed by atoms with E-state index < -0.39 is 0 Å². The molecule has 1 aliphatic carbocycles. The van der Waals surface area contributed by atoms with Gasteiger partial charge in [0.05, 0.1) is 0 Å². The maximum absolute atomic E-state index is 10.8. The Hall–Kier alpha value is -0.630. The van der Waals surface area contributed by atoms with E-state index in [4.69, 9.17) is 0 Å². The lowest BCUT2D eigenvalue weighted by molar-refractivity contribution is 0.307. The Bertz CT molecular complexity index is 493. The summed E-state index contributed by atoms with van der Waals surface area (Å²) >= 11 is 1.78. The highest BCUT2D eigenvalue weighted by Crippen LogP contribution is 2.45. The maximum Gasteiger partial charge on any atom is 0.123 e. The summed E-state index contributed by atoms with van der Waals surface area (Å²) in [6.45, 7) is 9.12. The minimum atomic E-state index is 0.126. The Morgan fingerprint density at radius 2 is 1.76 bits per heavy atom. The molecule has 0 saturated heterocycles. The first-order chi connectivity index (χ1) is 9.78. The first kappa shape index (κ1) is 16.7. The molecule has 2 rings (SSSR count). The monoisotopic (exact) mass is 306 g/mol. The topological polar surface area (TPSA) is 20.2 Å². The van der Waals surface area contributed by atoms with Crippen molar-refractivity contribution in [1.82, 2.24) is 0 Å². The summed E-state index contributed by atoms with van der Waals surface area (Å²) in [5.41, 5.74) is 3.93. The number of benzene rings is 1. The van der Waals surface area contributed by atoms with E-state index >= 15 is 0 Å². The van der Waals surface area contributed by atoms with Crippen LogP contribution < -0.4 is 0 Å². The lowest BCUT2D eigenvalue weighted by atomic mass is 9.69. The van der Waals surface area contributed by atoms with E-state index in [1.165, 1.54) is 43.2 Å². The van der Waals surface area contributed by atoms with Gasteiger partial charge in [-0.25, -0.2) is 0 Å². The van der Waals surface area contributed by atoms with Crippen LogP contribution in [0, 0.1) is 0 Å². The van der Waals surface area contributed by atoms with Crippen molar-refractivity contribution in [1.29, 1.82) is 0 Å². The first-order valence-electron chi connectivity index (χ1n) is 8.14. The molecule has 0 aliphatic heterocycles. The van der Waals surface area contributed by atoms with Crippen molar-refractivity contribution in [3.8, 4) is 5.75 Å². The van der Waals surface area contributed by atoms with Crippen molar-refractivity contribution < 1.29 is 5.11 Å². The highest BCUT2D eigenvalue weighted by atomic mass is 32.2. The maximum atomic E-state index is 10.8. The third-order valence-electron chi connectivity index (χ3n) is 4.96. The largest absolute Gasteiger partial charge is 0.507 e. The molecule has 0 heterocycles. The van der Waals surface area contributed by atoms with Gasteiger partial charge >= 0.3 is 0 Å². The van der Waals surface area contributed by atoms with Gasteiger partial charge in [0.15, 0.2) is 0 Å². The summed E-state index contributed by atoms with van der Waals surface area (Å²) in [6.07, 6.45) is 8.42. The number of hydrogen-bond acceptors (Lipinski definition) is 2. The molecule has 0 unspecified atom stereocenters. The number of hydrogen-bond donors (Lipinski definition) is 1. The standard InChI is InChI=1S/C19H30OS/c1-18(2,3)15-11-14(13-21-5)17(20)16(12-15)19(4)9-7-6-8-10-19/h11-12,20H,6-10,13H2,1-5H3. The zero-order valence-electron chi connectivity index (χ0n) is 14.3. The van der Waals surface area contributed by atoms with E-state index in [2.05, 4.69) is 46.1 Å². The molecule has 0 amide bonds. The van der Waals surface area contributed by atoms with Crippen LogP contribution in [0.5, 0.6) is 5.75 Å². The molecular weight excluding hydrogens is 276 g/mol. The van der Waals surface area contributed by atoms with Crippen LogP contribution in [0.25, 0.3) is 0 Å². The SMILES string of the molecule is CSCc1cc(C(C)(C)C)cc(C2(C)CCCCC2)c1O. The Balaban J connectivity index is 2.55. The van der Waals surface area contributed by atoms with Crippen molar-refractivity contribution >= 4 is 11.8 Å². The highest BCUT2D eigenvalue weighted by Gasteiger charge is 2.33. The molecule has 0 atom stereocenters. The van der Waals surface area contributed by atoms with Crippen LogP contribution in [0.4, 0.5) is 0 Å². The van der Waals surface area contributed by atoms with E-state index in [-0.39, 0.29) is 10.8 Å². The smallest absolute Gasteiger partial charge is 0.123 e. The molecule has 1 aromatic rings. The second kappa shape index (κ2) is 6.24. The quantitative estimate of drug-likeness (QED) is 0.764. The summed E-state index contributed by atoms with van der Waals surface area (Å²) < 4.78 is 0. The molecule has 1 saturated carbocycles. The Kier molecular flexibility index (Phi) is 4.97. The number of phenols is 1. The molecule has 0 spiro atoms. The molecule has 0 radical (unpaired) electrons. The fraction of sp³-hybridized carbons (Fsp3) is 0.684. The van der Waals surface area contributed by atoms with Gasteiger partial charge < -0.3 is 5.11 Å². The van der Waals surface area contributed by atoms with Crippen LogP contribution in [0.3, 0.4) is 0 Å². The van der Waals surface area contributed by atoms with Gasteiger partial charge in [-0.05, 0) is 35.5 Å². The molecule has 1 N–H and O–H groups in total. The van der Waals surface area contributed by atoms with Crippen molar-refractivity contribution in [3.05, 3.63) is 28.8 Å². The molecule has 1 aliphatic rings. The summed E-state index contributed by atoms with van der Waals surface area (Å²) in [5.74, 6) is 1.44. The average molecular weight is 307 g/mol. The average Bonchev–Trinajstić information content (AvgIpc) is 2.40. The van der Waals surface area contributed by atoms with Crippen LogP contribution in [0.15, 0.2) is 12.1 Å². The van der Waals surface area contributed by atoms with Crippen LogP contribution in [0.2, 0.25) is 0 Å². The number of rotatable bonds is 3. The third-order valence-corrected chi connectivity index (χ3v) is 5.56. The molecule has 1 fully saturated rings. The fourth-order valence-corrected chi connectivity index (χ4v) is 3.99. The van der Waals surface area contributed by atoms with Crippen molar-refractivity contribution in [2.24, 2.45) is 0 Å². The molecule has 0 aromatic heterocycles. The lowest BCUT2D eigenvalue weighted by Gasteiger charge is -2.36. The van der Waals surface area contributed by atoms with Gasteiger partial charge in [-0.1, -0.05) is 59.1 Å². The number of thioether (sulfide) groups is 1. The van der Waals surface area contributed by atoms with Gasteiger partial charge in [0.2, 0.25) is 0 Å². The minimum absolute atomic E-state index is 0.126. The predicted octanol–water partition coefficient (Wildman–Crippen LogP) is 5.77. The first-order valence-corrected chi connectivity index (χ1v) is 9.53. The Labute approximate surface area is 134 Å². The third kappa shape index (κ3) is 3.59. The summed E-state index contributed by atoms with van der Waals surface area (Å²) in [4.78, 5) is 0. The minimum Gasteiger partial charge on any atom is -0.507 e.